The van der Waals surface area contributed by atoms with Gasteiger partial charge in [-0.1, -0.05) is 70.3 Å². The molecule has 16 heavy (non-hydrogen) atoms. The van der Waals surface area contributed by atoms with Crippen LogP contribution in [0, 0.1) is 6.08 Å². The van der Waals surface area contributed by atoms with Crippen molar-refractivity contribution in [2.24, 2.45) is 0 Å². The van der Waals surface area contributed by atoms with E-state index in [2.05, 4.69) is 26.8 Å². The SMILES string of the molecule is CCCCCCCCCCCC[C]=C(C)C. The maximum Gasteiger partial charge on any atom is -0.0277 e. The van der Waals surface area contributed by atoms with Crippen LogP contribution in [0.4, 0.5) is 0 Å². The minimum atomic E-state index is 1.17. The second-order valence-corrected chi connectivity index (χ2v) is 5.11. The van der Waals surface area contributed by atoms with Gasteiger partial charge in [0.15, 0.2) is 0 Å². The number of hydrogen-bond acceptors (Lipinski definition) is 0. The van der Waals surface area contributed by atoms with Crippen molar-refractivity contribution >= 4 is 0 Å². The smallest absolute Gasteiger partial charge is 0.0277 e. The van der Waals surface area contributed by atoms with Gasteiger partial charge in [-0.05, 0) is 32.8 Å². The van der Waals surface area contributed by atoms with E-state index in [4.69, 9.17) is 0 Å². The van der Waals surface area contributed by atoms with E-state index in [0.29, 0.717) is 0 Å². The van der Waals surface area contributed by atoms with Crippen LogP contribution in [0.5, 0.6) is 0 Å². The maximum absolute atomic E-state index is 3.39. The number of hydrogen-bond donors (Lipinski definition) is 0. The molecular weight excluding hydrogens is 192 g/mol. The van der Waals surface area contributed by atoms with Crippen molar-refractivity contribution in [1.29, 1.82) is 0 Å². The molecule has 0 spiro atoms. The highest BCUT2D eigenvalue weighted by Gasteiger charge is 1.92. The second kappa shape index (κ2) is 12.8. The molecule has 95 valence electrons. The first-order chi connectivity index (χ1) is 7.77. The molecule has 0 aromatic rings. The average molecular weight is 223 g/mol. The zero-order valence-corrected chi connectivity index (χ0v) is 11.8. The molecule has 0 saturated carbocycles. The van der Waals surface area contributed by atoms with E-state index in [-0.39, 0.29) is 0 Å². The molecule has 0 aromatic heterocycles. The molecule has 0 atom stereocenters. The summed E-state index contributed by atoms with van der Waals surface area (Å²) in [7, 11) is 0. The van der Waals surface area contributed by atoms with Crippen LogP contribution in [0.1, 0.15) is 91.4 Å². The molecule has 0 fully saturated rings. The molecule has 0 aliphatic heterocycles. The van der Waals surface area contributed by atoms with Gasteiger partial charge in [0.05, 0.1) is 0 Å². The monoisotopic (exact) mass is 223 g/mol. The van der Waals surface area contributed by atoms with Crippen LogP contribution in [0.2, 0.25) is 0 Å². The Kier molecular flexibility index (Phi) is 12.6. The van der Waals surface area contributed by atoms with Gasteiger partial charge in [-0.2, -0.15) is 0 Å². The van der Waals surface area contributed by atoms with Crippen molar-refractivity contribution in [1.82, 2.24) is 0 Å². The molecule has 1 radical (unpaired) electrons. The third kappa shape index (κ3) is 13.7. The molecule has 0 N–H and O–H groups in total. The topological polar surface area (TPSA) is 0 Å². The van der Waals surface area contributed by atoms with E-state index >= 15 is 0 Å². The van der Waals surface area contributed by atoms with E-state index in [9.17, 15) is 0 Å². The summed E-state index contributed by atoms with van der Waals surface area (Å²) in [6.07, 6.45) is 18.8. The summed E-state index contributed by atoms with van der Waals surface area (Å²) in [5.74, 6) is 0. The Labute approximate surface area is 104 Å². The van der Waals surface area contributed by atoms with Gasteiger partial charge in [0.1, 0.15) is 0 Å². The van der Waals surface area contributed by atoms with Crippen molar-refractivity contribution in [3.63, 3.8) is 0 Å². The van der Waals surface area contributed by atoms with Gasteiger partial charge in [-0.25, -0.2) is 0 Å². The van der Waals surface area contributed by atoms with Crippen molar-refractivity contribution in [3.8, 4) is 0 Å². The minimum Gasteiger partial charge on any atom is -0.0730 e. The molecule has 0 aromatic carbocycles. The fraction of sp³-hybridized carbons (Fsp3) is 0.875. The van der Waals surface area contributed by atoms with E-state index in [1.807, 2.05) is 0 Å². The Morgan fingerprint density at radius 2 is 1.12 bits per heavy atom. The summed E-state index contributed by atoms with van der Waals surface area (Å²) in [5, 5.41) is 0. The summed E-state index contributed by atoms with van der Waals surface area (Å²) in [5.41, 5.74) is 1.34. The lowest BCUT2D eigenvalue weighted by atomic mass is 10.1. The Morgan fingerprint density at radius 1 is 0.688 bits per heavy atom. The Bertz CT molecular complexity index is 151. The quantitative estimate of drug-likeness (QED) is 0.373. The van der Waals surface area contributed by atoms with Gasteiger partial charge in [-0.15, -0.1) is 0 Å². The molecule has 0 amide bonds. The average Bonchev–Trinajstić information content (AvgIpc) is 2.25. The third-order valence-corrected chi connectivity index (χ3v) is 3.01. The van der Waals surface area contributed by atoms with Gasteiger partial charge >= 0.3 is 0 Å². The maximum atomic E-state index is 3.39. The zero-order chi connectivity index (χ0) is 12.1. The molecule has 0 bridgehead atoms. The summed E-state index contributed by atoms with van der Waals surface area (Å²) in [4.78, 5) is 0. The predicted molar refractivity (Wildman–Crippen MR) is 74.6 cm³/mol. The van der Waals surface area contributed by atoms with Crippen LogP contribution in [-0.2, 0) is 0 Å². The van der Waals surface area contributed by atoms with Gasteiger partial charge in [0, 0.05) is 0 Å². The van der Waals surface area contributed by atoms with Crippen molar-refractivity contribution in [2.45, 2.75) is 91.4 Å². The zero-order valence-electron chi connectivity index (χ0n) is 11.8. The van der Waals surface area contributed by atoms with E-state index < -0.39 is 0 Å². The Balaban J connectivity index is 2.96. The lowest BCUT2D eigenvalue weighted by molar-refractivity contribution is 0.556. The normalized spacial score (nSPS) is 10.4. The largest absolute Gasteiger partial charge is 0.0730 e. The van der Waals surface area contributed by atoms with E-state index in [0.717, 1.165) is 0 Å². The van der Waals surface area contributed by atoms with Crippen LogP contribution in [0.25, 0.3) is 0 Å². The number of rotatable bonds is 11. The van der Waals surface area contributed by atoms with Crippen molar-refractivity contribution in [2.75, 3.05) is 0 Å². The highest BCUT2D eigenvalue weighted by atomic mass is 14.0. The van der Waals surface area contributed by atoms with Crippen LogP contribution in [0.15, 0.2) is 5.57 Å². The standard InChI is InChI=1S/C16H31/c1-4-5-6-7-8-9-10-11-12-13-14-15-16(2)3/h4-14H2,1-3H3. The van der Waals surface area contributed by atoms with Gasteiger partial charge < -0.3 is 0 Å². The molecule has 0 heterocycles. The molecule has 0 nitrogen and oxygen atoms in total. The molecular formula is C16H31. The van der Waals surface area contributed by atoms with Crippen LogP contribution in [0.3, 0.4) is 0 Å². The first-order valence-electron chi connectivity index (χ1n) is 7.31. The van der Waals surface area contributed by atoms with E-state index in [1.54, 1.807) is 0 Å². The molecule has 0 aliphatic carbocycles. The van der Waals surface area contributed by atoms with Crippen LogP contribution >= 0.6 is 0 Å². The van der Waals surface area contributed by atoms with Crippen LogP contribution in [-0.4, -0.2) is 0 Å². The summed E-state index contributed by atoms with van der Waals surface area (Å²) < 4.78 is 0. The predicted octanol–water partition coefficient (Wildman–Crippen LogP) is 6.07. The highest BCUT2D eigenvalue weighted by Crippen LogP contribution is 2.11. The van der Waals surface area contributed by atoms with Crippen LogP contribution < -0.4 is 0 Å². The second-order valence-electron chi connectivity index (χ2n) is 5.11. The van der Waals surface area contributed by atoms with Gasteiger partial charge in [0.2, 0.25) is 0 Å². The first kappa shape index (κ1) is 15.7. The molecule has 0 rings (SSSR count). The number of unbranched alkanes of at least 4 members (excludes halogenated alkanes) is 10. The Morgan fingerprint density at radius 3 is 1.56 bits per heavy atom. The van der Waals surface area contributed by atoms with E-state index in [1.165, 1.54) is 76.2 Å². The summed E-state index contributed by atoms with van der Waals surface area (Å²) in [6, 6.07) is 0. The summed E-state index contributed by atoms with van der Waals surface area (Å²) >= 11 is 0. The molecule has 0 unspecified atom stereocenters. The molecule has 0 heteroatoms. The van der Waals surface area contributed by atoms with Gasteiger partial charge in [-0.3, -0.25) is 0 Å². The lowest BCUT2D eigenvalue weighted by Crippen LogP contribution is -1.81. The third-order valence-electron chi connectivity index (χ3n) is 3.01. The molecule has 0 saturated heterocycles. The van der Waals surface area contributed by atoms with Crippen molar-refractivity contribution < 1.29 is 0 Å². The molecule has 0 aliphatic rings. The van der Waals surface area contributed by atoms with Gasteiger partial charge in [0.25, 0.3) is 0 Å². The van der Waals surface area contributed by atoms with Crippen molar-refractivity contribution in [3.05, 3.63) is 11.6 Å². The summed E-state index contributed by atoms with van der Waals surface area (Å²) in [6.45, 7) is 6.55. The minimum absolute atomic E-state index is 1.17. The Hall–Kier alpha value is -0.260. The lowest BCUT2D eigenvalue weighted by Gasteiger charge is -2.01. The first-order valence-corrected chi connectivity index (χ1v) is 7.31. The number of allylic oxidation sites excluding steroid dienone is 2. The fourth-order valence-electron chi connectivity index (χ4n) is 1.95. The fourth-order valence-corrected chi connectivity index (χ4v) is 1.95. The highest BCUT2D eigenvalue weighted by molar-refractivity contribution is 4.85.